The van der Waals surface area contributed by atoms with Gasteiger partial charge in [-0.1, -0.05) is 12.1 Å². The quantitative estimate of drug-likeness (QED) is 0.638. The molecule has 2 aromatic carbocycles. The number of benzene rings is 2. The average Bonchev–Trinajstić information content (AvgIpc) is 3.11. The number of halogens is 1. The molecule has 29 heavy (non-hydrogen) atoms. The molecule has 0 fully saturated rings. The van der Waals surface area contributed by atoms with Crippen molar-refractivity contribution in [2.45, 2.75) is 13.5 Å². The number of aryl methyl sites for hydroxylation is 1. The number of rotatable bonds is 7. The third-order valence-corrected chi connectivity index (χ3v) is 4.79. The normalized spacial score (nSPS) is 10.4. The van der Waals surface area contributed by atoms with Crippen LogP contribution < -0.4 is 10.1 Å². The van der Waals surface area contributed by atoms with E-state index in [1.807, 2.05) is 12.3 Å². The maximum atomic E-state index is 13.2. The summed E-state index contributed by atoms with van der Waals surface area (Å²) < 4.78 is 18.9. The zero-order valence-electron chi connectivity index (χ0n) is 16.0. The Bertz CT molecular complexity index is 1020. The summed E-state index contributed by atoms with van der Waals surface area (Å²) in [7, 11) is 1.53. The van der Waals surface area contributed by atoms with Crippen LogP contribution in [0.1, 0.15) is 21.1 Å². The molecule has 0 aliphatic rings. The molecule has 1 aromatic heterocycles. The Morgan fingerprint density at radius 3 is 2.72 bits per heavy atom. The van der Waals surface area contributed by atoms with Gasteiger partial charge in [-0.05, 0) is 43.3 Å². The van der Waals surface area contributed by atoms with Crippen LogP contribution in [0.2, 0.25) is 0 Å². The number of nitrogens with zero attached hydrogens (tertiary/aromatic N) is 2. The molecule has 0 bridgehead atoms. The fourth-order valence-electron chi connectivity index (χ4n) is 2.63. The number of ether oxygens (including phenoxy) is 1. The number of thiazole rings is 1. The van der Waals surface area contributed by atoms with Gasteiger partial charge in [0.2, 0.25) is 5.91 Å². The van der Waals surface area contributed by atoms with Crippen molar-refractivity contribution in [1.82, 2.24) is 9.88 Å². The van der Waals surface area contributed by atoms with E-state index in [0.717, 1.165) is 10.7 Å². The second kappa shape index (κ2) is 9.29. The summed E-state index contributed by atoms with van der Waals surface area (Å²) in [5.74, 6) is -0.650. The first-order chi connectivity index (χ1) is 13.9. The number of anilines is 1. The number of likely N-dealkylation sites (N-methyl/N-ethyl adjacent to an activating group) is 1. The van der Waals surface area contributed by atoms with E-state index in [9.17, 15) is 14.0 Å². The molecule has 0 aliphatic carbocycles. The molecule has 0 radical (unpaired) electrons. The minimum atomic E-state index is -0.447. The van der Waals surface area contributed by atoms with E-state index in [1.165, 1.54) is 30.1 Å². The Balaban J connectivity index is 1.57. The van der Waals surface area contributed by atoms with Gasteiger partial charge < -0.3 is 15.0 Å². The summed E-state index contributed by atoms with van der Waals surface area (Å²) in [5.41, 5.74) is 1.57. The molecular formula is C21H20FN3O3S. The highest BCUT2D eigenvalue weighted by Gasteiger charge is 2.16. The van der Waals surface area contributed by atoms with Gasteiger partial charge in [-0.2, -0.15) is 0 Å². The number of carbonyl (C=O) groups is 2. The second-order valence-electron chi connectivity index (χ2n) is 6.39. The van der Waals surface area contributed by atoms with Crippen LogP contribution in [0.25, 0.3) is 0 Å². The predicted molar refractivity (Wildman–Crippen MR) is 110 cm³/mol. The Morgan fingerprint density at radius 1 is 1.21 bits per heavy atom. The molecule has 1 N–H and O–H groups in total. The molecule has 0 saturated carbocycles. The minimum Gasteiger partial charge on any atom is -0.487 e. The average molecular weight is 413 g/mol. The summed E-state index contributed by atoms with van der Waals surface area (Å²) >= 11 is 1.55. The number of nitrogens with one attached hydrogen (secondary N) is 1. The van der Waals surface area contributed by atoms with Crippen molar-refractivity contribution < 1.29 is 18.7 Å². The molecule has 6 nitrogen and oxygen atoms in total. The highest BCUT2D eigenvalue weighted by molar-refractivity contribution is 7.09. The van der Waals surface area contributed by atoms with Gasteiger partial charge in [0.05, 0.1) is 17.2 Å². The van der Waals surface area contributed by atoms with E-state index in [2.05, 4.69) is 10.3 Å². The van der Waals surface area contributed by atoms with Crippen molar-refractivity contribution >= 4 is 28.8 Å². The summed E-state index contributed by atoms with van der Waals surface area (Å²) in [4.78, 5) is 30.4. The maximum absolute atomic E-state index is 13.2. The van der Waals surface area contributed by atoms with Gasteiger partial charge >= 0.3 is 0 Å². The van der Waals surface area contributed by atoms with Crippen LogP contribution in [0.4, 0.5) is 10.1 Å². The van der Waals surface area contributed by atoms with Crippen LogP contribution in [-0.4, -0.2) is 35.3 Å². The molecule has 0 unspecified atom stereocenters. The van der Waals surface area contributed by atoms with E-state index in [1.54, 1.807) is 41.7 Å². The molecule has 2 amide bonds. The molecule has 8 heteroatoms. The van der Waals surface area contributed by atoms with Crippen LogP contribution in [0.15, 0.2) is 53.9 Å². The number of hydrogen-bond acceptors (Lipinski definition) is 5. The lowest BCUT2D eigenvalue weighted by atomic mass is 10.2. The molecular weight excluding hydrogens is 393 g/mol. The van der Waals surface area contributed by atoms with Crippen molar-refractivity contribution in [3.63, 3.8) is 0 Å². The molecule has 0 atom stereocenters. The van der Waals surface area contributed by atoms with E-state index in [4.69, 9.17) is 4.74 Å². The maximum Gasteiger partial charge on any atom is 0.254 e. The van der Waals surface area contributed by atoms with Crippen LogP contribution in [0.5, 0.6) is 5.75 Å². The van der Waals surface area contributed by atoms with Crippen molar-refractivity contribution in [1.29, 1.82) is 0 Å². The van der Waals surface area contributed by atoms with Gasteiger partial charge in [-0.15, -0.1) is 11.3 Å². The van der Waals surface area contributed by atoms with Crippen molar-refractivity contribution in [3.8, 4) is 5.75 Å². The van der Waals surface area contributed by atoms with Crippen molar-refractivity contribution in [2.24, 2.45) is 0 Å². The number of carbonyl (C=O) groups excluding carboxylic acids is 2. The van der Waals surface area contributed by atoms with Gasteiger partial charge in [0.25, 0.3) is 5.91 Å². The number of amides is 2. The first-order valence-corrected chi connectivity index (χ1v) is 9.73. The van der Waals surface area contributed by atoms with Gasteiger partial charge in [0, 0.05) is 23.7 Å². The van der Waals surface area contributed by atoms with E-state index >= 15 is 0 Å². The van der Waals surface area contributed by atoms with Gasteiger partial charge in [-0.3, -0.25) is 9.59 Å². The van der Waals surface area contributed by atoms with Crippen LogP contribution in [-0.2, 0) is 11.4 Å². The molecule has 0 aliphatic heterocycles. The lowest BCUT2D eigenvalue weighted by molar-refractivity contribution is -0.116. The highest BCUT2D eigenvalue weighted by atomic mass is 32.1. The van der Waals surface area contributed by atoms with Gasteiger partial charge in [0.1, 0.15) is 18.2 Å². The summed E-state index contributed by atoms with van der Waals surface area (Å²) in [5, 5.41) is 5.46. The Hall–Kier alpha value is -3.26. The standard InChI is InChI=1S/C21H20FN3O3S/c1-14-23-18(13-29-14)12-28-19-8-3-5-15(9-19)21(27)25(2)11-20(26)24-17-7-4-6-16(22)10-17/h3-10,13H,11-12H2,1-2H3,(H,24,26). The third kappa shape index (κ3) is 5.86. The first-order valence-electron chi connectivity index (χ1n) is 8.85. The summed E-state index contributed by atoms with van der Waals surface area (Å²) in [6, 6.07) is 12.3. The summed E-state index contributed by atoms with van der Waals surface area (Å²) in [6.07, 6.45) is 0. The number of aromatic nitrogens is 1. The van der Waals surface area contributed by atoms with Crippen LogP contribution in [0.3, 0.4) is 0 Å². The molecule has 0 saturated heterocycles. The fraction of sp³-hybridized carbons (Fsp3) is 0.190. The predicted octanol–water partition coefficient (Wildman–Crippen LogP) is 3.88. The molecule has 3 aromatic rings. The zero-order valence-corrected chi connectivity index (χ0v) is 16.8. The fourth-order valence-corrected chi connectivity index (χ4v) is 3.22. The second-order valence-corrected chi connectivity index (χ2v) is 7.46. The monoisotopic (exact) mass is 413 g/mol. The lowest BCUT2D eigenvalue weighted by Crippen LogP contribution is -2.34. The Morgan fingerprint density at radius 2 is 2.00 bits per heavy atom. The zero-order chi connectivity index (χ0) is 20.8. The highest BCUT2D eigenvalue weighted by Crippen LogP contribution is 2.17. The summed E-state index contributed by atoms with van der Waals surface area (Å²) in [6.45, 7) is 2.07. The molecule has 3 rings (SSSR count). The Kier molecular flexibility index (Phi) is 6.56. The SMILES string of the molecule is Cc1nc(COc2cccc(C(=O)N(C)CC(=O)Nc3cccc(F)c3)c2)cs1. The largest absolute Gasteiger partial charge is 0.487 e. The number of hydrogen-bond donors (Lipinski definition) is 1. The van der Waals surface area contributed by atoms with E-state index < -0.39 is 11.7 Å². The topological polar surface area (TPSA) is 71.5 Å². The van der Waals surface area contributed by atoms with Gasteiger partial charge in [-0.25, -0.2) is 9.37 Å². The first kappa shape index (κ1) is 20.5. The van der Waals surface area contributed by atoms with Crippen LogP contribution >= 0.6 is 11.3 Å². The lowest BCUT2D eigenvalue weighted by Gasteiger charge is -2.17. The Labute approximate surface area is 172 Å². The molecule has 150 valence electrons. The van der Waals surface area contributed by atoms with E-state index in [-0.39, 0.29) is 12.5 Å². The third-order valence-electron chi connectivity index (χ3n) is 3.97. The van der Waals surface area contributed by atoms with Crippen LogP contribution in [0, 0.1) is 12.7 Å². The molecule has 1 heterocycles. The van der Waals surface area contributed by atoms with E-state index in [0.29, 0.717) is 23.6 Å². The molecule has 0 spiro atoms. The smallest absolute Gasteiger partial charge is 0.254 e. The van der Waals surface area contributed by atoms with Crippen molar-refractivity contribution in [3.05, 3.63) is 76.0 Å². The minimum absolute atomic E-state index is 0.168. The van der Waals surface area contributed by atoms with Gasteiger partial charge in [0.15, 0.2) is 0 Å². The van der Waals surface area contributed by atoms with Crippen molar-refractivity contribution in [2.75, 3.05) is 18.9 Å².